The second-order valence-corrected chi connectivity index (χ2v) is 7.21. The normalized spacial score (nSPS) is 23.0. The lowest BCUT2D eigenvalue weighted by atomic mass is 9.83. The summed E-state index contributed by atoms with van der Waals surface area (Å²) in [4.78, 5) is 14.8. The van der Waals surface area contributed by atoms with E-state index in [-0.39, 0.29) is 11.7 Å². The number of ether oxygens (including phenoxy) is 1. The van der Waals surface area contributed by atoms with Gasteiger partial charge in [-0.1, -0.05) is 18.6 Å². The average Bonchev–Trinajstić information content (AvgIpc) is 2.88. The number of phenols is 1. The number of phenolic OH excluding ortho intramolecular Hbond substituents is 1. The van der Waals surface area contributed by atoms with Gasteiger partial charge >= 0.3 is 0 Å². The van der Waals surface area contributed by atoms with Gasteiger partial charge in [0.15, 0.2) is 0 Å². The maximum Gasteiger partial charge on any atom is 0.222 e. The first-order valence-corrected chi connectivity index (χ1v) is 9.36. The van der Waals surface area contributed by atoms with Crippen LogP contribution in [0.25, 0.3) is 0 Å². The number of hydrogen-bond donors (Lipinski definition) is 1. The first-order valence-electron chi connectivity index (χ1n) is 9.36. The van der Waals surface area contributed by atoms with Crippen molar-refractivity contribution in [3.8, 4) is 5.75 Å². The van der Waals surface area contributed by atoms with Crippen LogP contribution in [-0.4, -0.2) is 42.2 Å². The van der Waals surface area contributed by atoms with Crippen LogP contribution in [-0.2, 0) is 16.0 Å². The summed E-state index contributed by atoms with van der Waals surface area (Å²) in [7, 11) is 0. The van der Waals surface area contributed by atoms with Gasteiger partial charge in [0.2, 0.25) is 5.91 Å². The number of carbonyl (C=O) groups is 1. The first-order chi connectivity index (χ1) is 11.7. The summed E-state index contributed by atoms with van der Waals surface area (Å²) in [6.07, 6.45) is 7.24. The maximum atomic E-state index is 12.7. The maximum absolute atomic E-state index is 12.7. The number of amides is 1. The van der Waals surface area contributed by atoms with E-state index in [9.17, 15) is 9.90 Å². The van der Waals surface area contributed by atoms with Crippen molar-refractivity contribution in [2.75, 3.05) is 26.3 Å². The molecule has 4 heteroatoms. The molecule has 1 unspecified atom stereocenters. The predicted molar refractivity (Wildman–Crippen MR) is 93.9 cm³/mol. The molecule has 1 aromatic carbocycles. The molecular formula is C20H29NO3. The third-order valence-electron chi connectivity index (χ3n) is 5.56. The lowest BCUT2D eigenvalue weighted by Gasteiger charge is -2.32. The largest absolute Gasteiger partial charge is 0.508 e. The van der Waals surface area contributed by atoms with E-state index in [0.717, 1.165) is 63.5 Å². The molecule has 1 aromatic rings. The minimum Gasteiger partial charge on any atom is -0.508 e. The van der Waals surface area contributed by atoms with Crippen molar-refractivity contribution in [3.05, 3.63) is 29.8 Å². The molecule has 0 bridgehead atoms. The molecule has 4 nitrogen and oxygen atoms in total. The average molecular weight is 331 g/mol. The van der Waals surface area contributed by atoms with Gasteiger partial charge in [-0.25, -0.2) is 0 Å². The van der Waals surface area contributed by atoms with E-state index >= 15 is 0 Å². The van der Waals surface area contributed by atoms with Crippen LogP contribution in [0.2, 0.25) is 0 Å². The van der Waals surface area contributed by atoms with Gasteiger partial charge in [-0.05, 0) is 61.6 Å². The van der Waals surface area contributed by atoms with E-state index in [0.29, 0.717) is 12.3 Å². The van der Waals surface area contributed by atoms with Gasteiger partial charge in [-0.15, -0.1) is 0 Å². The van der Waals surface area contributed by atoms with E-state index in [1.54, 1.807) is 12.1 Å². The fourth-order valence-electron chi connectivity index (χ4n) is 4.05. The lowest BCUT2D eigenvalue weighted by molar-refractivity contribution is -0.132. The van der Waals surface area contributed by atoms with E-state index in [2.05, 4.69) is 4.90 Å². The molecule has 1 atom stereocenters. The minimum atomic E-state index is 0.275. The third kappa shape index (κ3) is 4.73. The van der Waals surface area contributed by atoms with Crippen LogP contribution >= 0.6 is 0 Å². The fourth-order valence-corrected chi connectivity index (χ4v) is 4.05. The van der Waals surface area contributed by atoms with Crippen molar-refractivity contribution < 1.29 is 14.6 Å². The second-order valence-electron chi connectivity index (χ2n) is 7.21. The molecule has 2 aliphatic heterocycles. The summed E-state index contributed by atoms with van der Waals surface area (Å²) in [6, 6.07) is 7.17. The zero-order valence-corrected chi connectivity index (χ0v) is 14.5. The van der Waals surface area contributed by atoms with Crippen LogP contribution in [0.3, 0.4) is 0 Å². The van der Waals surface area contributed by atoms with Crippen LogP contribution in [0.15, 0.2) is 24.3 Å². The molecule has 0 spiro atoms. The van der Waals surface area contributed by atoms with Crippen LogP contribution < -0.4 is 0 Å². The van der Waals surface area contributed by atoms with Crippen molar-refractivity contribution in [3.63, 3.8) is 0 Å². The molecule has 0 aliphatic carbocycles. The Morgan fingerprint density at radius 2 is 1.83 bits per heavy atom. The number of hydrogen-bond acceptors (Lipinski definition) is 3. The zero-order valence-electron chi connectivity index (χ0n) is 14.5. The minimum absolute atomic E-state index is 0.275. The Labute approximate surface area is 144 Å². The topological polar surface area (TPSA) is 49.8 Å². The van der Waals surface area contributed by atoms with Crippen molar-refractivity contribution in [2.24, 2.45) is 11.8 Å². The lowest BCUT2D eigenvalue weighted by Crippen LogP contribution is -2.37. The van der Waals surface area contributed by atoms with E-state index < -0.39 is 0 Å². The SMILES string of the molecule is O=C(CCc1ccc(O)cc1)N1CCCCC(C2CCOCC2)C1. The Bertz CT molecular complexity index is 522. The Morgan fingerprint density at radius 1 is 1.08 bits per heavy atom. The van der Waals surface area contributed by atoms with Gasteiger partial charge in [0.1, 0.15) is 5.75 Å². The van der Waals surface area contributed by atoms with E-state index in [1.807, 2.05) is 12.1 Å². The van der Waals surface area contributed by atoms with Gasteiger partial charge in [0.05, 0.1) is 0 Å². The molecule has 0 aromatic heterocycles. The molecule has 0 saturated carbocycles. The molecule has 24 heavy (non-hydrogen) atoms. The Morgan fingerprint density at radius 3 is 2.58 bits per heavy atom. The number of aryl methyl sites for hydroxylation is 1. The highest BCUT2D eigenvalue weighted by Crippen LogP contribution is 2.30. The number of carbonyl (C=O) groups excluding carboxylic acids is 1. The monoisotopic (exact) mass is 331 g/mol. The van der Waals surface area contributed by atoms with Crippen molar-refractivity contribution in [2.45, 2.75) is 44.9 Å². The number of nitrogens with zero attached hydrogens (tertiary/aromatic N) is 1. The molecule has 0 radical (unpaired) electrons. The summed E-state index contributed by atoms with van der Waals surface area (Å²) in [5.74, 6) is 1.93. The predicted octanol–water partition coefficient (Wildman–Crippen LogP) is 3.38. The van der Waals surface area contributed by atoms with Gasteiger partial charge < -0.3 is 14.7 Å². The Kier molecular flexibility index (Phi) is 6.13. The summed E-state index contributed by atoms with van der Waals surface area (Å²) in [5, 5.41) is 9.34. The molecule has 2 saturated heterocycles. The smallest absolute Gasteiger partial charge is 0.222 e. The second kappa shape index (κ2) is 8.52. The summed E-state index contributed by atoms with van der Waals surface area (Å²) in [5.41, 5.74) is 1.11. The highest BCUT2D eigenvalue weighted by atomic mass is 16.5. The molecule has 3 rings (SSSR count). The number of aromatic hydroxyl groups is 1. The van der Waals surface area contributed by atoms with Crippen molar-refractivity contribution in [1.82, 2.24) is 4.90 Å². The quantitative estimate of drug-likeness (QED) is 0.920. The standard InChI is InChI=1S/C20H29NO3/c22-19-7-4-16(5-8-19)6-9-20(23)21-12-2-1-3-18(15-21)17-10-13-24-14-11-17/h4-5,7-8,17-18,22H,1-3,6,9-15H2. The van der Waals surface area contributed by atoms with Gasteiger partial charge in [0.25, 0.3) is 0 Å². The van der Waals surface area contributed by atoms with Gasteiger partial charge in [0, 0.05) is 32.7 Å². The van der Waals surface area contributed by atoms with E-state index in [1.165, 1.54) is 12.8 Å². The van der Waals surface area contributed by atoms with Crippen molar-refractivity contribution >= 4 is 5.91 Å². The molecule has 2 fully saturated rings. The summed E-state index contributed by atoms with van der Waals surface area (Å²) < 4.78 is 5.49. The molecular weight excluding hydrogens is 302 g/mol. The molecule has 1 amide bonds. The summed E-state index contributed by atoms with van der Waals surface area (Å²) in [6.45, 7) is 3.61. The van der Waals surface area contributed by atoms with Gasteiger partial charge in [-0.2, -0.15) is 0 Å². The van der Waals surface area contributed by atoms with Crippen LogP contribution in [0.4, 0.5) is 0 Å². The van der Waals surface area contributed by atoms with E-state index in [4.69, 9.17) is 4.74 Å². The highest BCUT2D eigenvalue weighted by Gasteiger charge is 2.29. The number of likely N-dealkylation sites (tertiary alicyclic amines) is 1. The molecule has 2 heterocycles. The number of rotatable bonds is 4. The van der Waals surface area contributed by atoms with Crippen LogP contribution in [0.1, 0.15) is 44.1 Å². The zero-order chi connectivity index (χ0) is 16.8. The Balaban J connectivity index is 1.53. The summed E-state index contributed by atoms with van der Waals surface area (Å²) >= 11 is 0. The molecule has 132 valence electrons. The number of benzene rings is 1. The third-order valence-corrected chi connectivity index (χ3v) is 5.56. The molecule has 1 N–H and O–H groups in total. The van der Waals surface area contributed by atoms with Crippen LogP contribution in [0.5, 0.6) is 5.75 Å². The highest BCUT2D eigenvalue weighted by molar-refractivity contribution is 5.76. The fraction of sp³-hybridized carbons (Fsp3) is 0.650. The molecule has 2 aliphatic rings. The Hall–Kier alpha value is -1.55. The van der Waals surface area contributed by atoms with Crippen molar-refractivity contribution in [1.29, 1.82) is 0 Å². The van der Waals surface area contributed by atoms with Crippen LogP contribution in [0, 0.1) is 11.8 Å². The van der Waals surface area contributed by atoms with Gasteiger partial charge in [-0.3, -0.25) is 4.79 Å². The first kappa shape index (κ1) is 17.3.